The van der Waals surface area contributed by atoms with Gasteiger partial charge in [0.05, 0.1) is 9.79 Å². The normalized spacial score (nSPS) is 11.2. The first-order chi connectivity index (χ1) is 12.4. The molecule has 4 nitrogen and oxygen atoms in total. The molecule has 5 heteroatoms. The van der Waals surface area contributed by atoms with E-state index in [1.54, 1.807) is 62.4 Å². The molecule has 0 heterocycles. The lowest BCUT2D eigenvalue weighted by atomic mass is 10.1. The Morgan fingerprint density at radius 1 is 0.808 bits per heavy atom. The lowest BCUT2D eigenvalue weighted by molar-refractivity contribution is 0.102. The van der Waals surface area contributed by atoms with Crippen LogP contribution in [-0.2, 0) is 9.84 Å². The second-order valence-corrected chi connectivity index (χ2v) is 7.98. The topological polar surface area (TPSA) is 63.2 Å². The molecule has 0 aliphatic heterocycles. The third-order valence-corrected chi connectivity index (χ3v) is 6.08. The summed E-state index contributed by atoms with van der Waals surface area (Å²) in [5, 5.41) is 2.81. The Balaban J connectivity index is 1.93. The molecule has 26 heavy (non-hydrogen) atoms. The molecule has 0 radical (unpaired) electrons. The van der Waals surface area contributed by atoms with Crippen molar-refractivity contribution in [3.05, 3.63) is 89.5 Å². The molecule has 3 aromatic rings. The molecule has 0 spiro atoms. The van der Waals surface area contributed by atoms with Crippen molar-refractivity contribution in [3.63, 3.8) is 0 Å². The Morgan fingerprint density at radius 2 is 1.46 bits per heavy atom. The molecular weight excluding hydrogens is 346 g/mol. The quantitative estimate of drug-likeness (QED) is 0.746. The Kier molecular flexibility index (Phi) is 4.91. The number of carbonyl (C=O) groups excluding carboxylic acids is 1. The highest BCUT2D eigenvalue weighted by Gasteiger charge is 2.21. The molecule has 0 bridgehead atoms. The van der Waals surface area contributed by atoms with Gasteiger partial charge in [0.25, 0.3) is 5.91 Å². The van der Waals surface area contributed by atoms with Gasteiger partial charge in [-0.05, 0) is 61.4 Å². The molecule has 0 fully saturated rings. The fraction of sp³-hybridized carbons (Fsp3) is 0.0952. The first-order valence-corrected chi connectivity index (χ1v) is 9.65. The van der Waals surface area contributed by atoms with Gasteiger partial charge in [0.1, 0.15) is 0 Å². The van der Waals surface area contributed by atoms with Gasteiger partial charge in [0, 0.05) is 11.3 Å². The average Bonchev–Trinajstić information content (AvgIpc) is 2.62. The van der Waals surface area contributed by atoms with Gasteiger partial charge in [-0.3, -0.25) is 4.79 Å². The minimum absolute atomic E-state index is 0.181. The third kappa shape index (κ3) is 3.53. The molecule has 1 amide bonds. The van der Waals surface area contributed by atoms with E-state index in [9.17, 15) is 13.2 Å². The van der Waals surface area contributed by atoms with Crippen molar-refractivity contribution in [3.8, 4) is 0 Å². The maximum absolute atomic E-state index is 12.9. The van der Waals surface area contributed by atoms with Crippen LogP contribution in [-0.4, -0.2) is 14.3 Å². The van der Waals surface area contributed by atoms with Crippen LogP contribution in [0.4, 0.5) is 5.69 Å². The molecule has 0 saturated carbocycles. The number of nitrogens with one attached hydrogen (secondary N) is 1. The highest BCUT2D eigenvalue weighted by Crippen LogP contribution is 2.25. The van der Waals surface area contributed by atoms with Crippen LogP contribution in [0.5, 0.6) is 0 Å². The van der Waals surface area contributed by atoms with Gasteiger partial charge < -0.3 is 5.32 Å². The molecule has 3 rings (SSSR count). The van der Waals surface area contributed by atoms with Crippen molar-refractivity contribution in [1.82, 2.24) is 0 Å². The maximum atomic E-state index is 12.9. The number of hydrogen-bond acceptors (Lipinski definition) is 3. The van der Waals surface area contributed by atoms with E-state index >= 15 is 0 Å². The predicted octanol–water partition coefficient (Wildman–Crippen LogP) is 4.39. The van der Waals surface area contributed by atoms with E-state index in [1.165, 1.54) is 6.07 Å². The summed E-state index contributed by atoms with van der Waals surface area (Å²) in [6.45, 7) is 3.50. The summed E-state index contributed by atoms with van der Waals surface area (Å²) in [5.41, 5.74) is 2.43. The fourth-order valence-electron chi connectivity index (χ4n) is 2.76. The lowest BCUT2D eigenvalue weighted by Crippen LogP contribution is -2.14. The number of aryl methyl sites for hydroxylation is 2. The summed E-state index contributed by atoms with van der Waals surface area (Å²) in [7, 11) is -3.63. The number of benzene rings is 3. The number of para-hydroxylation sites is 1. The number of anilines is 1. The summed E-state index contributed by atoms with van der Waals surface area (Å²) in [5.74, 6) is -0.270. The first-order valence-electron chi connectivity index (χ1n) is 8.17. The van der Waals surface area contributed by atoms with Crippen LogP contribution >= 0.6 is 0 Å². The molecule has 0 saturated heterocycles. The van der Waals surface area contributed by atoms with Gasteiger partial charge in [-0.25, -0.2) is 8.42 Å². The Hall–Kier alpha value is -2.92. The van der Waals surface area contributed by atoms with E-state index in [-0.39, 0.29) is 15.7 Å². The van der Waals surface area contributed by atoms with Crippen LogP contribution in [0.3, 0.4) is 0 Å². The van der Waals surface area contributed by atoms with Crippen molar-refractivity contribution in [2.75, 3.05) is 5.32 Å². The van der Waals surface area contributed by atoms with Gasteiger partial charge in [-0.2, -0.15) is 0 Å². The van der Waals surface area contributed by atoms with Crippen molar-refractivity contribution < 1.29 is 13.2 Å². The van der Waals surface area contributed by atoms with Gasteiger partial charge in [0.2, 0.25) is 9.84 Å². The zero-order valence-electron chi connectivity index (χ0n) is 14.6. The molecule has 0 unspecified atom stereocenters. The van der Waals surface area contributed by atoms with Crippen molar-refractivity contribution in [2.24, 2.45) is 0 Å². The van der Waals surface area contributed by atoms with Crippen LogP contribution in [0, 0.1) is 13.8 Å². The number of rotatable bonds is 4. The van der Waals surface area contributed by atoms with Gasteiger partial charge >= 0.3 is 0 Å². The van der Waals surface area contributed by atoms with Gasteiger partial charge in [-0.1, -0.05) is 36.4 Å². The summed E-state index contributed by atoms with van der Waals surface area (Å²) in [4.78, 5) is 12.9. The maximum Gasteiger partial charge on any atom is 0.255 e. The fourth-order valence-corrected chi connectivity index (χ4v) is 4.35. The van der Waals surface area contributed by atoms with E-state index < -0.39 is 9.84 Å². The Bertz CT molecular complexity index is 1060. The van der Waals surface area contributed by atoms with Gasteiger partial charge in [0.15, 0.2) is 0 Å². The highest BCUT2D eigenvalue weighted by atomic mass is 32.2. The lowest BCUT2D eigenvalue weighted by Gasteiger charge is -2.11. The van der Waals surface area contributed by atoms with E-state index in [2.05, 4.69) is 5.32 Å². The number of sulfone groups is 1. The molecular formula is C21H19NO3S. The minimum atomic E-state index is -3.63. The molecule has 3 aromatic carbocycles. The molecule has 1 N–H and O–H groups in total. The number of hydrogen-bond donors (Lipinski definition) is 1. The summed E-state index contributed by atoms with van der Waals surface area (Å²) in [6.07, 6.45) is 0. The van der Waals surface area contributed by atoms with Crippen LogP contribution in [0.25, 0.3) is 0 Å². The zero-order valence-corrected chi connectivity index (χ0v) is 15.4. The molecule has 0 aliphatic carbocycles. The molecule has 132 valence electrons. The summed E-state index contributed by atoms with van der Waals surface area (Å²) >= 11 is 0. The summed E-state index contributed by atoms with van der Waals surface area (Å²) in [6, 6.07) is 20.6. The second kappa shape index (κ2) is 7.14. The van der Waals surface area contributed by atoms with Crippen molar-refractivity contribution in [1.29, 1.82) is 0 Å². The van der Waals surface area contributed by atoms with Crippen molar-refractivity contribution in [2.45, 2.75) is 23.6 Å². The van der Waals surface area contributed by atoms with Crippen molar-refractivity contribution >= 4 is 21.4 Å². The van der Waals surface area contributed by atoms with E-state index in [0.717, 1.165) is 0 Å². The van der Waals surface area contributed by atoms with Crippen LogP contribution in [0.2, 0.25) is 0 Å². The van der Waals surface area contributed by atoms with E-state index in [4.69, 9.17) is 0 Å². The monoisotopic (exact) mass is 365 g/mol. The molecule has 0 aromatic heterocycles. The second-order valence-electron chi connectivity index (χ2n) is 6.07. The average molecular weight is 365 g/mol. The van der Waals surface area contributed by atoms with E-state index in [0.29, 0.717) is 22.4 Å². The summed E-state index contributed by atoms with van der Waals surface area (Å²) < 4.78 is 25.8. The smallest absolute Gasteiger partial charge is 0.255 e. The van der Waals surface area contributed by atoms with Gasteiger partial charge in [-0.15, -0.1) is 0 Å². The third-order valence-electron chi connectivity index (χ3n) is 4.17. The largest absolute Gasteiger partial charge is 0.322 e. The highest BCUT2D eigenvalue weighted by molar-refractivity contribution is 7.91. The number of amides is 1. The Labute approximate surface area is 153 Å². The van der Waals surface area contributed by atoms with Crippen LogP contribution < -0.4 is 5.32 Å². The number of carbonyl (C=O) groups is 1. The SMILES string of the molecule is Cc1cc(S(=O)(=O)c2ccccc2C)ccc1C(=O)Nc1ccccc1. The van der Waals surface area contributed by atoms with Crippen LogP contribution in [0.15, 0.2) is 82.6 Å². The molecule has 0 atom stereocenters. The minimum Gasteiger partial charge on any atom is -0.322 e. The Morgan fingerprint density at radius 3 is 2.12 bits per heavy atom. The standard InChI is InChI=1S/C21H19NO3S/c1-15-8-6-7-11-20(15)26(24,25)18-12-13-19(16(2)14-18)21(23)22-17-9-4-3-5-10-17/h3-14H,1-2H3,(H,22,23). The first kappa shape index (κ1) is 17.9. The van der Waals surface area contributed by atoms with Crippen LogP contribution in [0.1, 0.15) is 21.5 Å². The van der Waals surface area contributed by atoms with E-state index in [1.807, 2.05) is 18.2 Å². The molecule has 0 aliphatic rings. The zero-order chi connectivity index (χ0) is 18.7. The predicted molar refractivity (Wildman–Crippen MR) is 102 cm³/mol.